The highest BCUT2D eigenvalue weighted by Gasteiger charge is 2.25. The zero-order valence-corrected chi connectivity index (χ0v) is 8.26. The van der Waals surface area contributed by atoms with Crippen molar-refractivity contribution in [1.29, 1.82) is 0 Å². The molecule has 2 rings (SSSR count). The van der Waals surface area contributed by atoms with Gasteiger partial charge in [0.05, 0.1) is 10.9 Å². The van der Waals surface area contributed by atoms with E-state index in [1.165, 1.54) is 6.07 Å². The molecule has 0 unspecified atom stereocenters. The maximum absolute atomic E-state index is 11.0. The molecule has 7 nitrogen and oxygen atoms in total. The van der Waals surface area contributed by atoms with E-state index in [0.29, 0.717) is 0 Å². The number of carboxylic acids is 2. The minimum absolute atomic E-state index is 0.120. The van der Waals surface area contributed by atoms with Gasteiger partial charge in [-0.1, -0.05) is 0 Å². The smallest absolute Gasteiger partial charge is 0.353 e. The number of hydrogen-bond acceptors (Lipinski definition) is 4. The Bertz CT molecular complexity index is 642. The molecule has 2 aromatic rings. The van der Waals surface area contributed by atoms with Crippen LogP contribution in [0.5, 0.6) is 11.5 Å². The number of aromatic carboxylic acids is 2. The van der Waals surface area contributed by atoms with Crippen LogP contribution >= 0.6 is 0 Å². The zero-order chi connectivity index (χ0) is 12.7. The molecule has 0 saturated heterocycles. The summed E-state index contributed by atoms with van der Waals surface area (Å²) in [5.74, 6) is -4.15. The van der Waals surface area contributed by atoms with E-state index in [1.54, 1.807) is 0 Å². The summed E-state index contributed by atoms with van der Waals surface area (Å²) in [4.78, 5) is 24.2. The summed E-state index contributed by atoms with van der Waals surface area (Å²) < 4.78 is 0. The predicted molar refractivity (Wildman–Crippen MR) is 55.5 cm³/mol. The molecule has 7 heteroatoms. The number of H-pyrrole nitrogens is 1. The average Bonchev–Trinajstić information content (AvgIpc) is 2.63. The van der Waals surface area contributed by atoms with Gasteiger partial charge in [0.1, 0.15) is 11.3 Å². The molecule has 5 N–H and O–H groups in total. The lowest BCUT2D eigenvalue weighted by Gasteiger charge is -1.99. The fraction of sp³-hybridized carbons (Fsp3) is 0. The Kier molecular flexibility index (Phi) is 2.17. The second-order valence-electron chi connectivity index (χ2n) is 3.34. The number of carbonyl (C=O) groups is 2. The first-order chi connectivity index (χ1) is 7.93. The first-order valence-corrected chi connectivity index (χ1v) is 4.46. The molecule has 88 valence electrons. The van der Waals surface area contributed by atoms with Gasteiger partial charge in [0.25, 0.3) is 0 Å². The summed E-state index contributed by atoms with van der Waals surface area (Å²) in [6, 6.07) is 2.41. The van der Waals surface area contributed by atoms with E-state index in [2.05, 4.69) is 4.98 Å². The average molecular weight is 237 g/mol. The van der Waals surface area contributed by atoms with E-state index in [4.69, 9.17) is 10.2 Å². The second kappa shape index (κ2) is 3.41. The molecular formula is C10H7NO6. The lowest BCUT2D eigenvalue weighted by atomic mass is 10.1. The maximum atomic E-state index is 11.0. The number of aromatic amines is 1. The Morgan fingerprint density at radius 3 is 2.24 bits per heavy atom. The quantitative estimate of drug-likeness (QED) is 0.494. The molecule has 0 aliphatic heterocycles. The first kappa shape index (κ1) is 10.8. The zero-order valence-electron chi connectivity index (χ0n) is 8.26. The molecule has 0 aliphatic rings. The van der Waals surface area contributed by atoms with Crippen molar-refractivity contribution in [2.45, 2.75) is 0 Å². The minimum atomic E-state index is -1.51. The van der Waals surface area contributed by atoms with Crippen molar-refractivity contribution in [1.82, 2.24) is 4.98 Å². The standard InChI is InChI=1S/C10H7NO6/c12-4-2-1-3-5(8(4)13)6(9(14)15)7(11-3)10(16)17/h1-2,11-13H,(H,14,15)(H,16,17). The molecule has 1 heterocycles. The van der Waals surface area contributed by atoms with Gasteiger partial charge in [-0.2, -0.15) is 0 Å². The van der Waals surface area contributed by atoms with Gasteiger partial charge in [0, 0.05) is 0 Å². The van der Waals surface area contributed by atoms with Gasteiger partial charge < -0.3 is 25.4 Å². The van der Waals surface area contributed by atoms with Crippen LogP contribution in [0, 0.1) is 0 Å². The summed E-state index contributed by atoms with van der Waals surface area (Å²) in [6.07, 6.45) is 0. The molecular weight excluding hydrogens is 230 g/mol. The summed E-state index contributed by atoms with van der Waals surface area (Å²) in [6.45, 7) is 0. The van der Waals surface area contributed by atoms with Crippen molar-refractivity contribution in [3.8, 4) is 11.5 Å². The molecule has 0 radical (unpaired) electrons. The van der Waals surface area contributed by atoms with E-state index in [9.17, 15) is 19.8 Å². The van der Waals surface area contributed by atoms with Crippen LogP contribution in [0.2, 0.25) is 0 Å². The summed E-state index contributed by atoms with van der Waals surface area (Å²) in [7, 11) is 0. The normalized spacial score (nSPS) is 10.6. The summed E-state index contributed by atoms with van der Waals surface area (Å²) in [5.41, 5.74) is -1.01. The lowest BCUT2D eigenvalue weighted by molar-refractivity contribution is 0.0649. The minimum Gasteiger partial charge on any atom is -0.504 e. The van der Waals surface area contributed by atoms with Crippen LogP contribution in [0.3, 0.4) is 0 Å². The number of aromatic hydroxyl groups is 2. The van der Waals surface area contributed by atoms with Gasteiger partial charge in [0.15, 0.2) is 11.5 Å². The molecule has 17 heavy (non-hydrogen) atoms. The Labute approximate surface area is 93.6 Å². The third-order valence-corrected chi connectivity index (χ3v) is 2.34. The van der Waals surface area contributed by atoms with E-state index >= 15 is 0 Å². The predicted octanol–water partition coefficient (Wildman–Crippen LogP) is 0.975. The van der Waals surface area contributed by atoms with Crippen molar-refractivity contribution in [2.75, 3.05) is 0 Å². The van der Waals surface area contributed by atoms with Crippen molar-refractivity contribution in [2.24, 2.45) is 0 Å². The van der Waals surface area contributed by atoms with Gasteiger partial charge >= 0.3 is 11.9 Å². The number of phenols is 2. The molecule has 0 fully saturated rings. The highest BCUT2D eigenvalue weighted by molar-refractivity contribution is 6.13. The number of aromatic nitrogens is 1. The third-order valence-electron chi connectivity index (χ3n) is 2.34. The van der Waals surface area contributed by atoms with Gasteiger partial charge in [-0.15, -0.1) is 0 Å². The van der Waals surface area contributed by atoms with Gasteiger partial charge in [-0.05, 0) is 12.1 Å². The number of phenolic OH excluding ortho intramolecular Hbond substituents is 2. The SMILES string of the molecule is O=C(O)c1[nH]c2ccc(O)c(O)c2c1C(=O)O. The Balaban J connectivity index is 2.97. The van der Waals surface area contributed by atoms with Crippen LogP contribution in [-0.4, -0.2) is 37.3 Å². The molecule has 0 amide bonds. The van der Waals surface area contributed by atoms with Crippen LogP contribution in [0.4, 0.5) is 0 Å². The van der Waals surface area contributed by atoms with Crippen LogP contribution in [0.1, 0.15) is 20.8 Å². The van der Waals surface area contributed by atoms with Crippen LogP contribution < -0.4 is 0 Å². The fourth-order valence-corrected chi connectivity index (χ4v) is 1.63. The Morgan fingerprint density at radius 2 is 1.71 bits per heavy atom. The Morgan fingerprint density at radius 1 is 1.06 bits per heavy atom. The van der Waals surface area contributed by atoms with E-state index in [1.807, 2.05) is 0 Å². The second-order valence-corrected chi connectivity index (χ2v) is 3.34. The third kappa shape index (κ3) is 1.44. The monoisotopic (exact) mass is 237 g/mol. The van der Waals surface area contributed by atoms with Gasteiger partial charge in [-0.3, -0.25) is 0 Å². The number of hydrogen-bond donors (Lipinski definition) is 5. The highest BCUT2D eigenvalue weighted by atomic mass is 16.4. The number of carboxylic acid groups (broad SMARTS) is 2. The topological polar surface area (TPSA) is 131 Å². The van der Waals surface area contributed by atoms with E-state index < -0.39 is 34.7 Å². The largest absolute Gasteiger partial charge is 0.504 e. The molecule has 0 atom stereocenters. The van der Waals surface area contributed by atoms with Crippen molar-refractivity contribution >= 4 is 22.8 Å². The van der Waals surface area contributed by atoms with Crippen LogP contribution in [0.15, 0.2) is 12.1 Å². The van der Waals surface area contributed by atoms with Crippen molar-refractivity contribution < 1.29 is 30.0 Å². The number of fused-ring (bicyclic) bond motifs is 1. The molecule has 0 aliphatic carbocycles. The number of nitrogens with one attached hydrogen (secondary N) is 1. The summed E-state index contributed by atoms with van der Waals surface area (Å²) in [5, 5.41) is 36.4. The molecule has 1 aromatic carbocycles. The van der Waals surface area contributed by atoms with Crippen LogP contribution in [0.25, 0.3) is 10.9 Å². The summed E-state index contributed by atoms with van der Waals surface area (Å²) >= 11 is 0. The van der Waals surface area contributed by atoms with Crippen LogP contribution in [-0.2, 0) is 0 Å². The van der Waals surface area contributed by atoms with Crippen molar-refractivity contribution in [3.05, 3.63) is 23.4 Å². The Hall–Kier alpha value is -2.70. The van der Waals surface area contributed by atoms with E-state index in [-0.39, 0.29) is 10.9 Å². The fourth-order valence-electron chi connectivity index (χ4n) is 1.63. The molecule has 0 spiro atoms. The number of benzene rings is 1. The molecule has 0 bridgehead atoms. The lowest BCUT2D eigenvalue weighted by Crippen LogP contribution is -2.06. The highest BCUT2D eigenvalue weighted by Crippen LogP contribution is 2.37. The van der Waals surface area contributed by atoms with Crippen molar-refractivity contribution in [3.63, 3.8) is 0 Å². The first-order valence-electron chi connectivity index (χ1n) is 4.46. The van der Waals surface area contributed by atoms with E-state index in [0.717, 1.165) is 6.07 Å². The molecule has 0 saturated carbocycles. The van der Waals surface area contributed by atoms with Gasteiger partial charge in [-0.25, -0.2) is 9.59 Å². The van der Waals surface area contributed by atoms with Gasteiger partial charge in [0.2, 0.25) is 0 Å². The number of rotatable bonds is 2. The maximum Gasteiger partial charge on any atom is 0.353 e. The molecule has 1 aromatic heterocycles.